The molecule has 4 rings (SSSR count). The van der Waals surface area contributed by atoms with Crippen LogP contribution in [0.4, 0.5) is 15.0 Å². The van der Waals surface area contributed by atoms with Gasteiger partial charge in [-0.15, -0.1) is 0 Å². The third-order valence-corrected chi connectivity index (χ3v) is 7.63. The van der Waals surface area contributed by atoms with Crippen molar-refractivity contribution in [3.63, 3.8) is 0 Å². The highest BCUT2D eigenvalue weighted by atomic mass is 35.5. The molecule has 2 fully saturated rings. The first-order chi connectivity index (χ1) is 18.0. The molecule has 38 heavy (non-hydrogen) atoms. The van der Waals surface area contributed by atoms with Gasteiger partial charge < -0.3 is 25.6 Å². The molecule has 0 saturated carbocycles. The molecule has 2 atom stereocenters. The van der Waals surface area contributed by atoms with Crippen LogP contribution in [0.3, 0.4) is 0 Å². The summed E-state index contributed by atoms with van der Waals surface area (Å²) in [6.07, 6.45) is 5.36. The van der Waals surface area contributed by atoms with Crippen LogP contribution in [0, 0.1) is 17.7 Å². The van der Waals surface area contributed by atoms with Crippen LogP contribution in [0.2, 0.25) is 10.0 Å². The number of benzene rings is 1. The van der Waals surface area contributed by atoms with E-state index in [0.717, 1.165) is 39.0 Å². The maximum atomic E-state index is 14.0. The van der Waals surface area contributed by atoms with Crippen LogP contribution in [0.15, 0.2) is 24.4 Å². The summed E-state index contributed by atoms with van der Waals surface area (Å²) in [5.74, 6) is 6.02. The number of hydrogen-bond donors (Lipinski definition) is 2. The molecule has 1 aromatic carbocycles. The van der Waals surface area contributed by atoms with Gasteiger partial charge in [0.2, 0.25) is 0 Å². The monoisotopic (exact) mass is 561 g/mol. The van der Waals surface area contributed by atoms with Gasteiger partial charge in [-0.2, -0.15) is 0 Å². The zero-order chi connectivity index (χ0) is 27.4. The molecule has 3 heterocycles. The number of rotatable bonds is 6. The first-order valence-electron chi connectivity index (χ1n) is 12.9. The summed E-state index contributed by atoms with van der Waals surface area (Å²) in [4.78, 5) is 21.7. The molecule has 10 heteroatoms. The molecular weight excluding hydrogens is 528 g/mol. The topological polar surface area (TPSA) is 83.7 Å². The summed E-state index contributed by atoms with van der Waals surface area (Å²) in [7, 11) is 0. The maximum Gasteiger partial charge on any atom is 0.318 e. The zero-order valence-corrected chi connectivity index (χ0v) is 23.5. The SMILES string of the molecule is CC(Oc1cc(C#CC(C)(C)NC(=O)N2CCC[C@@H]2CN2CCCC2)cnc1N)c1c(Cl)ccc(F)c1Cl. The first kappa shape index (κ1) is 28.3. The van der Waals surface area contributed by atoms with Gasteiger partial charge in [-0.05, 0) is 71.7 Å². The van der Waals surface area contributed by atoms with Crippen molar-refractivity contribution >= 4 is 35.1 Å². The molecule has 7 nitrogen and oxygen atoms in total. The number of anilines is 1. The predicted octanol–water partition coefficient (Wildman–Crippen LogP) is 5.65. The molecule has 2 aliphatic rings. The Labute approximate surface area is 233 Å². The van der Waals surface area contributed by atoms with E-state index in [1.54, 1.807) is 13.0 Å². The number of nitrogen functional groups attached to an aromatic ring is 1. The minimum absolute atomic E-state index is 0.0943. The van der Waals surface area contributed by atoms with E-state index in [-0.39, 0.29) is 33.7 Å². The molecule has 1 unspecified atom stereocenters. The molecule has 0 spiro atoms. The number of nitrogens with zero attached hydrogens (tertiary/aromatic N) is 3. The number of likely N-dealkylation sites (tertiary alicyclic amines) is 2. The molecule has 0 aliphatic carbocycles. The lowest BCUT2D eigenvalue weighted by Crippen LogP contribution is -2.52. The zero-order valence-electron chi connectivity index (χ0n) is 22.0. The highest BCUT2D eigenvalue weighted by molar-refractivity contribution is 6.36. The maximum absolute atomic E-state index is 14.0. The summed E-state index contributed by atoms with van der Waals surface area (Å²) in [6, 6.07) is 4.42. The largest absolute Gasteiger partial charge is 0.482 e. The number of hydrogen-bond acceptors (Lipinski definition) is 5. The number of carbonyl (C=O) groups is 1. The molecule has 2 saturated heterocycles. The van der Waals surface area contributed by atoms with Crippen LogP contribution in [-0.4, -0.2) is 58.6 Å². The van der Waals surface area contributed by atoms with Crippen LogP contribution in [-0.2, 0) is 0 Å². The molecule has 2 aliphatic heterocycles. The van der Waals surface area contributed by atoms with E-state index in [1.807, 2.05) is 18.7 Å². The smallest absolute Gasteiger partial charge is 0.318 e. The fourth-order valence-corrected chi connectivity index (χ4v) is 5.62. The van der Waals surface area contributed by atoms with E-state index in [0.29, 0.717) is 11.1 Å². The Hall–Kier alpha value is -2.73. The van der Waals surface area contributed by atoms with Gasteiger partial charge in [0.05, 0.1) is 10.6 Å². The summed E-state index contributed by atoms with van der Waals surface area (Å²) >= 11 is 12.4. The molecule has 3 N–H and O–H groups in total. The highest BCUT2D eigenvalue weighted by Crippen LogP contribution is 2.36. The van der Waals surface area contributed by atoms with Crippen molar-refractivity contribution in [3.8, 4) is 17.6 Å². The minimum Gasteiger partial charge on any atom is -0.482 e. The van der Waals surface area contributed by atoms with Gasteiger partial charge in [0, 0.05) is 47.5 Å². The van der Waals surface area contributed by atoms with Crippen LogP contribution in [0.5, 0.6) is 5.75 Å². The Kier molecular flexibility index (Phi) is 8.92. The van der Waals surface area contributed by atoms with Gasteiger partial charge >= 0.3 is 6.03 Å². The van der Waals surface area contributed by atoms with Crippen molar-refractivity contribution in [2.75, 3.05) is 31.9 Å². The van der Waals surface area contributed by atoms with Crippen LogP contribution in [0.25, 0.3) is 0 Å². The Balaban J connectivity index is 1.43. The van der Waals surface area contributed by atoms with Crippen molar-refractivity contribution < 1.29 is 13.9 Å². The lowest BCUT2D eigenvalue weighted by molar-refractivity contribution is 0.170. The van der Waals surface area contributed by atoms with Crippen LogP contribution in [0.1, 0.15) is 63.7 Å². The second-order valence-electron chi connectivity index (χ2n) is 10.4. The number of halogens is 3. The van der Waals surface area contributed by atoms with Gasteiger partial charge in [-0.1, -0.05) is 35.0 Å². The van der Waals surface area contributed by atoms with E-state index < -0.39 is 17.5 Å². The average molecular weight is 563 g/mol. The van der Waals surface area contributed by atoms with Crippen molar-refractivity contribution in [1.29, 1.82) is 0 Å². The Bertz CT molecular complexity index is 1240. The van der Waals surface area contributed by atoms with Crippen molar-refractivity contribution in [3.05, 3.63) is 51.4 Å². The first-order valence-corrected chi connectivity index (χ1v) is 13.7. The number of ether oxygens (including phenoxy) is 1. The Morgan fingerprint density at radius 1 is 1.29 bits per heavy atom. The number of aromatic nitrogens is 1. The molecule has 2 amide bonds. The number of pyridine rings is 1. The second-order valence-corrected chi connectivity index (χ2v) is 11.2. The number of nitrogens with two attached hydrogens (primary N) is 1. The molecule has 2 aromatic rings. The van der Waals surface area contributed by atoms with E-state index in [2.05, 4.69) is 27.0 Å². The average Bonchev–Trinajstić information content (AvgIpc) is 3.55. The van der Waals surface area contributed by atoms with Gasteiger partial charge in [-0.3, -0.25) is 0 Å². The third-order valence-electron chi connectivity index (χ3n) is 6.92. The van der Waals surface area contributed by atoms with E-state index in [9.17, 15) is 9.18 Å². The molecule has 0 radical (unpaired) electrons. The van der Waals surface area contributed by atoms with E-state index in [4.69, 9.17) is 33.7 Å². The van der Waals surface area contributed by atoms with Crippen molar-refractivity contribution in [1.82, 2.24) is 20.1 Å². The van der Waals surface area contributed by atoms with E-state index >= 15 is 0 Å². The van der Waals surface area contributed by atoms with Crippen LogP contribution >= 0.6 is 23.2 Å². The predicted molar refractivity (Wildman–Crippen MR) is 149 cm³/mol. The Morgan fingerprint density at radius 3 is 2.76 bits per heavy atom. The lowest BCUT2D eigenvalue weighted by Gasteiger charge is -2.31. The standard InChI is InChI=1S/C28H34Cl2FN5O2/c1-18(24-21(29)8-9-22(31)25(24)30)38-23-15-19(16-33-26(23)32)10-11-28(2,3)34-27(37)36-14-6-7-20(36)17-35-12-4-5-13-35/h8-9,15-16,18,20H,4-7,12-14,17H2,1-3H3,(H2,32,33)(H,34,37)/t18?,20-/m1/s1. The number of carbonyl (C=O) groups excluding carboxylic acids is 1. The molecule has 0 bridgehead atoms. The summed E-state index contributed by atoms with van der Waals surface area (Å²) in [6.45, 7) is 9.34. The fourth-order valence-electron chi connectivity index (χ4n) is 4.94. The summed E-state index contributed by atoms with van der Waals surface area (Å²) in [5, 5.41) is 3.25. The Morgan fingerprint density at radius 2 is 2.03 bits per heavy atom. The van der Waals surface area contributed by atoms with Gasteiger partial charge in [-0.25, -0.2) is 14.2 Å². The van der Waals surface area contributed by atoms with Gasteiger partial charge in [0.1, 0.15) is 11.9 Å². The second kappa shape index (κ2) is 12.0. The quantitative estimate of drug-likeness (QED) is 0.351. The number of amides is 2. The van der Waals surface area contributed by atoms with Gasteiger partial charge in [0.25, 0.3) is 0 Å². The highest BCUT2D eigenvalue weighted by Gasteiger charge is 2.32. The van der Waals surface area contributed by atoms with Crippen LogP contribution < -0.4 is 15.8 Å². The fraction of sp³-hybridized carbons (Fsp3) is 0.500. The molecule has 1 aromatic heterocycles. The van der Waals surface area contributed by atoms with Gasteiger partial charge in [0.15, 0.2) is 11.6 Å². The normalized spacial score (nSPS) is 18.7. The number of urea groups is 1. The summed E-state index contributed by atoms with van der Waals surface area (Å²) in [5.41, 5.74) is 6.11. The lowest BCUT2D eigenvalue weighted by atomic mass is 10.1. The van der Waals surface area contributed by atoms with E-state index in [1.165, 1.54) is 31.2 Å². The minimum atomic E-state index is -0.782. The molecular formula is C28H34Cl2FN5O2. The summed E-state index contributed by atoms with van der Waals surface area (Å²) < 4.78 is 19.9. The van der Waals surface area contributed by atoms with Crippen molar-refractivity contribution in [2.45, 2.75) is 64.1 Å². The number of nitrogens with one attached hydrogen (secondary N) is 1. The van der Waals surface area contributed by atoms with Crippen molar-refractivity contribution in [2.24, 2.45) is 0 Å². The molecule has 204 valence electrons. The third kappa shape index (κ3) is 6.82.